The van der Waals surface area contributed by atoms with Crippen LogP contribution < -0.4 is 5.56 Å². The van der Waals surface area contributed by atoms with Crippen molar-refractivity contribution in [3.8, 4) is 21.8 Å². The summed E-state index contributed by atoms with van der Waals surface area (Å²) in [4.78, 5) is 20.1. The van der Waals surface area contributed by atoms with Crippen LogP contribution >= 0.6 is 11.3 Å². The molecule has 0 aliphatic carbocycles. The average molecular weight is 489 g/mol. The van der Waals surface area contributed by atoms with Gasteiger partial charge in [0.15, 0.2) is 5.90 Å². The highest BCUT2D eigenvalue weighted by Crippen LogP contribution is 2.32. The molecule has 0 bridgehead atoms. The van der Waals surface area contributed by atoms with Gasteiger partial charge >= 0.3 is 0 Å². The maximum atomic E-state index is 14.0. The Morgan fingerprint density at radius 3 is 2.51 bits per heavy atom. The SMILES string of the molecule is CC(=N)OC(=N)c1cc(-c2c(C)nc(-c3cccc(F)c3)n(CCc3ccccc3)c2=O)sc1C. The summed E-state index contributed by atoms with van der Waals surface area (Å²) in [6.45, 7) is 5.44. The molecule has 2 aromatic heterocycles. The second-order valence-electron chi connectivity index (χ2n) is 8.17. The zero-order valence-corrected chi connectivity index (χ0v) is 20.5. The van der Waals surface area contributed by atoms with Crippen LogP contribution in [0.5, 0.6) is 0 Å². The summed E-state index contributed by atoms with van der Waals surface area (Å²) >= 11 is 1.37. The van der Waals surface area contributed by atoms with Crippen molar-refractivity contribution < 1.29 is 9.13 Å². The van der Waals surface area contributed by atoms with Crippen LogP contribution in [-0.2, 0) is 17.7 Å². The van der Waals surface area contributed by atoms with Crippen LogP contribution in [0.1, 0.15) is 28.6 Å². The van der Waals surface area contributed by atoms with Gasteiger partial charge in [0.25, 0.3) is 5.56 Å². The topological polar surface area (TPSA) is 91.8 Å². The third-order valence-corrected chi connectivity index (χ3v) is 6.63. The van der Waals surface area contributed by atoms with Crippen LogP contribution in [-0.4, -0.2) is 21.3 Å². The Morgan fingerprint density at radius 1 is 1.09 bits per heavy atom. The molecule has 6 nitrogen and oxygen atoms in total. The van der Waals surface area contributed by atoms with E-state index in [1.165, 1.54) is 30.4 Å². The lowest BCUT2D eigenvalue weighted by molar-refractivity contribution is 0.532. The molecule has 0 aliphatic rings. The second kappa shape index (κ2) is 10.1. The van der Waals surface area contributed by atoms with E-state index in [1.54, 1.807) is 29.7 Å². The number of hydrogen-bond acceptors (Lipinski definition) is 6. The van der Waals surface area contributed by atoms with Crippen LogP contribution in [0.2, 0.25) is 0 Å². The fourth-order valence-electron chi connectivity index (χ4n) is 3.92. The van der Waals surface area contributed by atoms with Crippen molar-refractivity contribution in [3.63, 3.8) is 0 Å². The molecule has 2 heterocycles. The van der Waals surface area contributed by atoms with Gasteiger partial charge in [-0.2, -0.15) is 0 Å². The molecular formula is C27H25FN4O2S. The Hall–Kier alpha value is -3.91. The number of nitrogens with zero attached hydrogens (tertiary/aromatic N) is 2. The van der Waals surface area contributed by atoms with Gasteiger partial charge in [0.05, 0.1) is 16.8 Å². The maximum absolute atomic E-state index is 14.0. The first-order valence-electron chi connectivity index (χ1n) is 11.1. The minimum atomic E-state index is -0.397. The standard InChI is InChI=1S/C27H25FN4O2S/c1-16-24(23-15-22(17(2)35-23)25(30)34-18(3)29)27(33)32(13-12-19-8-5-4-6-9-19)26(31-16)20-10-7-11-21(28)14-20/h4-11,14-15,29-30H,12-13H2,1-3H3. The Labute approximate surface area is 206 Å². The molecule has 35 heavy (non-hydrogen) atoms. The molecule has 0 amide bonds. The van der Waals surface area contributed by atoms with E-state index in [9.17, 15) is 9.18 Å². The van der Waals surface area contributed by atoms with Crippen molar-refractivity contribution in [2.24, 2.45) is 0 Å². The predicted octanol–water partition coefficient (Wildman–Crippen LogP) is 5.98. The Kier molecular flexibility index (Phi) is 7.02. The highest BCUT2D eigenvalue weighted by molar-refractivity contribution is 7.15. The summed E-state index contributed by atoms with van der Waals surface area (Å²) in [5.41, 5.74) is 2.88. The quantitative estimate of drug-likeness (QED) is 0.258. The number of nitrogens with one attached hydrogen (secondary N) is 2. The largest absolute Gasteiger partial charge is 0.426 e. The fraction of sp³-hybridized carbons (Fsp3) is 0.185. The Balaban J connectivity index is 1.84. The van der Waals surface area contributed by atoms with Crippen molar-refractivity contribution in [1.29, 1.82) is 10.8 Å². The highest BCUT2D eigenvalue weighted by Gasteiger charge is 2.21. The molecule has 0 unspecified atom stereocenters. The zero-order valence-electron chi connectivity index (χ0n) is 19.7. The lowest BCUT2D eigenvalue weighted by Gasteiger charge is -2.16. The molecule has 2 aromatic carbocycles. The minimum absolute atomic E-state index is 0.0808. The predicted molar refractivity (Wildman–Crippen MR) is 138 cm³/mol. The number of hydrogen-bond donors (Lipinski definition) is 2. The first-order valence-corrected chi connectivity index (χ1v) is 11.9. The van der Waals surface area contributed by atoms with Gasteiger partial charge in [0.1, 0.15) is 11.6 Å². The maximum Gasteiger partial charge on any atom is 0.262 e. The number of aromatic nitrogens is 2. The molecule has 0 saturated carbocycles. The van der Waals surface area contributed by atoms with E-state index >= 15 is 0 Å². The van der Waals surface area contributed by atoms with Gasteiger partial charge in [-0.3, -0.25) is 20.2 Å². The van der Waals surface area contributed by atoms with Crippen molar-refractivity contribution >= 4 is 23.1 Å². The lowest BCUT2D eigenvalue weighted by atomic mass is 10.1. The van der Waals surface area contributed by atoms with Crippen LogP contribution in [0.3, 0.4) is 0 Å². The average Bonchev–Trinajstić information content (AvgIpc) is 3.19. The van der Waals surface area contributed by atoms with E-state index in [0.717, 1.165) is 10.4 Å². The van der Waals surface area contributed by atoms with Gasteiger partial charge in [0.2, 0.25) is 5.90 Å². The Morgan fingerprint density at radius 2 is 1.83 bits per heavy atom. The molecule has 0 fully saturated rings. The van der Waals surface area contributed by atoms with E-state index in [1.807, 2.05) is 37.3 Å². The highest BCUT2D eigenvalue weighted by atomic mass is 32.1. The van der Waals surface area contributed by atoms with Crippen molar-refractivity contribution in [1.82, 2.24) is 9.55 Å². The molecule has 2 N–H and O–H groups in total. The fourth-order valence-corrected chi connectivity index (χ4v) is 5.03. The number of aryl methyl sites for hydroxylation is 3. The minimum Gasteiger partial charge on any atom is -0.426 e. The molecule has 0 aliphatic heterocycles. The Bertz CT molecular complexity index is 1470. The lowest BCUT2D eigenvalue weighted by Crippen LogP contribution is -2.27. The number of rotatable bonds is 6. The van der Waals surface area contributed by atoms with E-state index in [-0.39, 0.29) is 17.4 Å². The third-order valence-electron chi connectivity index (χ3n) is 5.56. The number of halogens is 1. The number of ether oxygens (including phenoxy) is 1. The third kappa shape index (κ3) is 5.27. The van der Waals surface area contributed by atoms with Gasteiger partial charge in [0, 0.05) is 28.8 Å². The van der Waals surface area contributed by atoms with E-state index in [4.69, 9.17) is 20.5 Å². The molecule has 4 aromatic rings. The molecule has 0 radical (unpaired) electrons. The summed E-state index contributed by atoms with van der Waals surface area (Å²) in [5, 5.41) is 15.7. The number of thiophene rings is 1. The summed E-state index contributed by atoms with van der Waals surface area (Å²) in [7, 11) is 0. The zero-order chi connectivity index (χ0) is 25.1. The van der Waals surface area contributed by atoms with Gasteiger partial charge in [-0.15, -0.1) is 11.3 Å². The van der Waals surface area contributed by atoms with E-state index in [0.29, 0.717) is 46.1 Å². The van der Waals surface area contributed by atoms with Gasteiger partial charge in [-0.25, -0.2) is 9.37 Å². The molecule has 8 heteroatoms. The number of benzene rings is 2. The van der Waals surface area contributed by atoms with Crippen LogP contribution in [0, 0.1) is 30.5 Å². The molecule has 0 saturated heterocycles. The second-order valence-corrected chi connectivity index (χ2v) is 9.42. The van der Waals surface area contributed by atoms with Gasteiger partial charge in [-0.05, 0) is 44.0 Å². The molecule has 0 spiro atoms. The van der Waals surface area contributed by atoms with Crippen molar-refractivity contribution in [2.75, 3.05) is 0 Å². The summed E-state index contributed by atoms with van der Waals surface area (Å²) in [5.74, 6) is -0.200. The van der Waals surface area contributed by atoms with E-state index < -0.39 is 5.82 Å². The van der Waals surface area contributed by atoms with Crippen LogP contribution in [0.15, 0.2) is 65.5 Å². The molecule has 0 atom stereocenters. The van der Waals surface area contributed by atoms with Gasteiger partial charge < -0.3 is 4.74 Å². The molecule has 4 rings (SSSR count). The van der Waals surface area contributed by atoms with Crippen LogP contribution in [0.4, 0.5) is 4.39 Å². The monoisotopic (exact) mass is 488 g/mol. The normalized spacial score (nSPS) is 10.9. The van der Waals surface area contributed by atoms with Gasteiger partial charge in [-0.1, -0.05) is 42.5 Å². The molecular weight excluding hydrogens is 463 g/mol. The summed E-state index contributed by atoms with van der Waals surface area (Å²) in [6.07, 6.45) is 0.610. The van der Waals surface area contributed by atoms with Crippen molar-refractivity contribution in [3.05, 3.63) is 98.5 Å². The smallest absolute Gasteiger partial charge is 0.262 e. The molecule has 178 valence electrons. The van der Waals surface area contributed by atoms with Crippen molar-refractivity contribution in [2.45, 2.75) is 33.7 Å². The summed E-state index contributed by atoms with van der Waals surface area (Å²) in [6, 6.07) is 17.7. The first kappa shape index (κ1) is 24.2. The first-order chi connectivity index (χ1) is 16.7. The van der Waals surface area contributed by atoms with Crippen LogP contribution in [0.25, 0.3) is 21.8 Å². The van der Waals surface area contributed by atoms with E-state index in [2.05, 4.69) is 0 Å². The summed E-state index contributed by atoms with van der Waals surface area (Å²) < 4.78 is 20.8.